The van der Waals surface area contributed by atoms with E-state index in [2.05, 4.69) is 4.74 Å². The van der Waals surface area contributed by atoms with Gasteiger partial charge in [-0.1, -0.05) is 30.3 Å². The summed E-state index contributed by atoms with van der Waals surface area (Å²) in [6.45, 7) is 3.71. The molecule has 110 valence electrons. The van der Waals surface area contributed by atoms with Gasteiger partial charge >= 0.3 is 5.97 Å². The lowest BCUT2D eigenvalue weighted by atomic mass is 10.1. The zero-order valence-corrected chi connectivity index (χ0v) is 12.5. The van der Waals surface area contributed by atoms with Crippen LogP contribution in [0.5, 0.6) is 0 Å². The van der Waals surface area contributed by atoms with Gasteiger partial charge in [-0.3, -0.25) is 9.59 Å². The summed E-state index contributed by atoms with van der Waals surface area (Å²) in [5.41, 5.74) is 0.575. The van der Waals surface area contributed by atoms with Gasteiger partial charge in [0.25, 0.3) is 5.91 Å². The highest BCUT2D eigenvalue weighted by Gasteiger charge is 2.22. The van der Waals surface area contributed by atoms with Gasteiger partial charge in [0.1, 0.15) is 6.54 Å². The molecule has 2 rings (SSSR count). The Morgan fingerprint density at radius 2 is 1.76 bits per heavy atom. The molecule has 0 heterocycles. The fourth-order valence-corrected chi connectivity index (χ4v) is 2.18. The van der Waals surface area contributed by atoms with Crippen molar-refractivity contribution in [3.63, 3.8) is 0 Å². The van der Waals surface area contributed by atoms with E-state index in [-0.39, 0.29) is 18.5 Å². The number of esters is 1. The van der Waals surface area contributed by atoms with E-state index in [4.69, 9.17) is 0 Å². The van der Waals surface area contributed by atoms with Crippen molar-refractivity contribution in [1.29, 1.82) is 0 Å². The van der Waals surface area contributed by atoms with E-state index in [1.807, 2.05) is 50.2 Å². The van der Waals surface area contributed by atoms with Crippen molar-refractivity contribution in [3.8, 4) is 0 Å². The fourth-order valence-electron chi connectivity index (χ4n) is 2.18. The van der Waals surface area contributed by atoms with Crippen molar-refractivity contribution >= 4 is 22.6 Å². The van der Waals surface area contributed by atoms with Gasteiger partial charge in [0.05, 0.1) is 7.11 Å². The van der Waals surface area contributed by atoms with Crippen LogP contribution in [0.3, 0.4) is 0 Å². The van der Waals surface area contributed by atoms with Crippen LogP contribution in [0.1, 0.15) is 24.2 Å². The van der Waals surface area contributed by atoms with Crippen LogP contribution in [-0.4, -0.2) is 36.5 Å². The molecule has 2 aromatic carbocycles. The second-order valence-electron chi connectivity index (χ2n) is 5.16. The predicted octanol–water partition coefficient (Wildman–Crippen LogP) is 2.86. The summed E-state index contributed by atoms with van der Waals surface area (Å²) in [6, 6.07) is 13.3. The molecule has 0 fully saturated rings. The number of benzene rings is 2. The number of carbonyl (C=O) groups is 2. The summed E-state index contributed by atoms with van der Waals surface area (Å²) >= 11 is 0. The largest absolute Gasteiger partial charge is 0.468 e. The molecule has 0 aliphatic carbocycles. The molecule has 0 saturated heterocycles. The average Bonchev–Trinajstić information content (AvgIpc) is 2.50. The molecule has 0 aromatic heterocycles. The summed E-state index contributed by atoms with van der Waals surface area (Å²) < 4.78 is 4.65. The van der Waals surface area contributed by atoms with E-state index in [0.29, 0.717) is 5.56 Å². The molecular formula is C17H19NO3. The zero-order chi connectivity index (χ0) is 15.4. The van der Waals surface area contributed by atoms with Crippen LogP contribution in [0, 0.1) is 0 Å². The van der Waals surface area contributed by atoms with E-state index in [1.54, 1.807) is 6.07 Å². The monoisotopic (exact) mass is 285 g/mol. The summed E-state index contributed by atoms with van der Waals surface area (Å²) in [7, 11) is 1.32. The van der Waals surface area contributed by atoms with Crippen LogP contribution in [0.4, 0.5) is 0 Å². The molecular weight excluding hydrogens is 266 g/mol. The third-order valence-corrected chi connectivity index (χ3v) is 3.41. The minimum absolute atomic E-state index is 0.0418. The number of rotatable bonds is 4. The molecule has 4 heteroatoms. The Labute approximate surface area is 124 Å². The third-order valence-electron chi connectivity index (χ3n) is 3.41. The third kappa shape index (κ3) is 3.40. The van der Waals surface area contributed by atoms with Crippen molar-refractivity contribution in [2.24, 2.45) is 0 Å². The minimum Gasteiger partial charge on any atom is -0.468 e. The topological polar surface area (TPSA) is 46.6 Å². The standard InChI is InChI=1S/C17H19NO3/c1-12(2)18(11-16(19)21-3)17(20)15-9-8-13-6-4-5-7-14(13)10-15/h4-10,12H,11H2,1-3H3. The zero-order valence-electron chi connectivity index (χ0n) is 12.5. The highest BCUT2D eigenvalue weighted by molar-refractivity contribution is 5.99. The van der Waals surface area contributed by atoms with Crippen LogP contribution in [0.25, 0.3) is 10.8 Å². The molecule has 4 nitrogen and oxygen atoms in total. The van der Waals surface area contributed by atoms with E-state index in [1.165, 1.54) is 12.0 Å². The number of nitrogens with zero attached hydrogens (tertiary/aromatic N) is 1. The van der Waals surface area contributed by atoms with Crippen molar-refractivity contribution in [2.75, 3.05) is 13.7 Å². The summed E-state index contributed by atoms with van der Waals surface area (Å²) in [4.78, 5) is 25.6. The second-order valence-corrected chi connectivity index (χ2v) is 5.16. The van der Waals surface area contributed by atoms with Gasteiger partial charge in [-0.05, 0) is 36.8 Å². The second kappa shape index (κ2) is 6.39. The Hall–Kier alpha value is -2.36. The van der Waals surface area contributed by atoms with Crippen molar-refractivity contribution in [1.82, 2.24) is 4.90 Å². The first-order chi connectivity index (χ1) is 10.0. The van der Waals surface area contributed by atoms with Gasteiger partial charge in [0, 0.05) is 11.6 Å². The summed E-state index contributed by atoms with van der Waals surface area (Å²) in [5, 5.41) is 2.09. The Kier molecular flexibility index (Phi) is 4.58. The number of fused-ring (bicyclic) bond motifs is 1. The molecule has 0 aliphatic heterocycles. The van der Waals surface area contributed by atoms with E-state index in [0.717, 1.165) is 10.8 Å². The molecule has 0 spiro atoms. The number of carbonyl (C=O) groups excluding carboxylic acids is 2. The lowest BCUT2D eigenvalue weighted by Gasteiger charge is -2.25. The molecule has 0 aliphatic rings. The molecule has 0 atom stereocenters. The van der Waals surface area contributed by atoms with Crippen LogP contribution >= 0.6 is 0 Å². The maximum atomic E-state index is 12.6. The van der Waals surface area contributed by atoms with Gasteiger partial charge in [-0.25, -0.2) is 0 Å². The number of hydrogen-bond donors (Lipinski definition) is 0. The minimum atomic E-state index is -0.419. The Morgan fingerprint density at radius 3 is 2.38 bits per heavy atom. The fraction of sp³-hybridized carbons (Fsp3) is 0.294. The first-order valence-corrected chi connectivity index (χ1v) is 6.89. The average molecular weight is 285 g/mol. The van der Waals surface area contributed by atoms with Crippen LogP contribution in [0.2, 0.25) is 0 Å². The maximum Gasteiger partial charge on any atom is 0.325 e. The van der Waals surface area contributed by atoms with Gasteiger partial charge < -0.3 is 9.64 Å². The first-order valence-electron chi connectivity index (χ1n) is 6.89. The molecule has 0 N–H and O–H groups in total. The number of ether oxygens (including phenoxy) is 1. The highest BCUT2D eigenvalue weighted by Crippen LogP contribution is 2.17. The molecule has 21 heavy (non-hydrogen) atoms. The van der Waals surface area contributed by atoms with Gasteiger partial charge in [-0.2, -0.15) is 0 Å². The van der Waals surface area contributed by atoms with Crippen molar-refractivity contribution < 1.29 is 14.3 Å². The summed E-state index contributed by atoms with van der Waals surface area (Å²) in [5.74, 6) is -0.584. The quantitative estimate of drug-likeness (QED) is 0.811. The number of methoxy groups -OCH3 is 1. The Balaban J connectivity index is 2.31. The molecule has 0 radical (unpaired) electrons. The highest BCUT2D eigenvalue weighted by atomic mass is 16.5. The predicted molar refractivity (Wildman–Crippen MR) is 82.1 cm³/mol. The van der Waals surface area contributed by atoms with Gasteiger partial charge in [-0.15, -0.1) is 0 Å². The Bertz CT molecular complexity index is 664. The van der Waals surface area contributed by atoms with E-state index < -0.39 is 5.97 Å². The molecule has 0 saturated carbocycles. The van der Waals surface area contributed by atoms with Crippen LogP contribution in [0.15, 0.2) is 42.5 Å². The van der Waals surface area contributed by atoms with Gasteiger partial charge in [0.15, 0.2) is 0 Å². The SMILES string of the molecule is COC(=O)CN(C(=O)c1ccc2ccccc2c1)C(C)C. The van der Waals surface area contributed by atoms with Crippen molar-refractivity contribution in [3.05, 3.63) is 48.0 Å². The lowest BCUT2D eigenvalue weighted by Crippen LogP contribution is -2.41. The number of hydrogen-bond acceptors (Lipinski definition) is 3. The van der Waals surface area contributed by atoms with Gasteiger partial charge in [0.2, 0.25) is 0 Å². The van der Waals surface area contributed by atoms with E-state index >= 15 is 0 Å². The van der Waals surface area contributed by atoms with Crippen molar-refractivity contribution in [2.45, 2.75) is 19.9 Å². The van der Waals surface area contributed by atoms with Crippen LogP contribution < -0.4 is 0 Å². The molecule has 1 amide bonds. The molecule has 2 aromatic rings. The van der Waals surface area contributed by atoms with Crippen LogP contribution in [-0.2, 0) is 9.53 Å². The smallest absolute Gasteiger partial charge is 0.325 e. The maximum absolute atomic E-state index is 12.6. The molecule has 0 bridgehead atoms. The molecule has 0 unspecified atom stereocenters. The Morgan fingerprint density at radius 1 is 1.10 bits per heavy atom. The summed E-state index contributed by atoms with van der Waals surface area (Å²) in [6.07, 6.45) is 0. The van der Waals surface area contributed by atoms with E-state index in [9.17, 15) is 9.59 Å². The normalized spacial score (nSPS) is 10.7. The first kappa shape index (κ1) is 15.0. The lowest BCUT2D eigenvalue weighted by molar-refractivity contribution is -0.141. The number of amides is 1.